The van der Waals surface area contributed by atoms with Gasteiger partial charge in [-0.05, 0) is 43.4 Å². The van der Waals surface area contributed by atoms with Crippen molar-refractivity contribution in [1.29, 1.82) is 0 Å². The first-order valence-electron chi connectivity index (χ1n) is 12.4. The van der Waals surface area contributed by atoms with Crippen LogP contribution in [0.5, 0.6) is 0 Å². The highest BCUT2D eigenvalue weighted by Crippen LogP contribution is 2.39. The molecule has 0 spiro atoms. The molecule has 2 aromatic rings. The molecule has 0 unspecified atom stereocenters. The summed E-state index contributed by atoms with van der Waals surface area (Å²) < 4.78 is 32.6. The van der Waals surface area contributed by atoms with E-state index in [9.17, 15) is 18.0 Å². The average Bonchev–Trinajstić information content (AvgIpc) is 2.92. The van der Waals surface area contributed by atoms with E-state index in [-0.39, 0.29) is 40.8 Å². The van der Waals surface area contributed by atoms with Crippen molar-refractivity contribution in [3.8, 4) is 0 Å². The summed E-state index contributed by atoms with van der Waals surface area (Å²) in [6.45, 7) is 1.08. The molecule has 1 aliphatic heterocycles. The van der Waals surface area contributed by atoms with Crippen molar-refractivity contribution in [2.45, 2.75) is 55.3 Å². The maximum absolute atomic E-state index is 13.3. The Morgan fingerprint density at radius 2 is 1.60 bits per heavy atom. The second kappa shape index (κ2) is 10.9. The van der Waals surface area contributed by atoms with Gasteiger partial charge in [0.15, 0.2) is 0 Å². The fourth-order valence-electron chi connectivity index (χ4n) is 5.46. The predicted molar refractivity (Wildman–Crippen MR) is 133 cm³/mol. The van der Waals surface area contributed by atoms with Crippen molar-refractivity contribution in [3.63, 3.8) is 0 Å². The van der Waals surface area contributed by atoms with Crippen molar-refractivity contribution in [3.05, 3.63) is 65.7 Å². The van der Waals surface area contributed by atoms with Crippen LogP contribution < -0.4 is 5.32 Å². The molecule has 4 rings (SSSR count). The van der Waals surface area contributed by atoms with Crippen LogP contribution in [0, 0.1) is 5.92 Å². The minimum absolute atomic E-state index is 0.00196. The Morgan fingerprint density at radius 1 is 0.971 bits per heavy atom. The predicted octanol–water partition coefficient (Wildman–Crippen LogP) is 3.89. The minimum atomic E-state index is -3.87. The molecule has 2 fully saturated rings. The molecule has 0 aromatic heterocycles. The molecule has 2 aliphatic rings. The highest BCUT2D eigenvalue weighted by atomic mass is 32.2. The molecule has 1 amide bonds. The van der Waals surface area contributed by atoms with E-state index in [0.717, 1.165) is 25.7 Å². The van der Waals surface area contributed by atoms with Gasteiger partial charge in [0, 0.05) is 31.0 Å². The number of methoxy groups -OCH3 is 1. The third-order valence-corrected chi connectivity index (χ3v) is 9.49. The Kier molecular flexibility index (Phi) is 7.91. The van der Waals surface area contributed by atoms with Crippen LogP contribution in [0.4, 0.5) is 0 Å². The molecular weight excluding hydrogens is 464 g/mol. The minimum Gasteiger partial charge on any atom is -0.465 e. The van der Waals surface area contributed by atoms with Crippen molar-refractivity contribution in [2.24, 2.45) is 5.92 Å². The van der Waals surface area contributed by atoms with E-state index in [4.69, 9.17) is 4.74 Å². The lowest BCUT2D eigenvalue weighted by atomic mass is 9.69. The number of carbonyl (C=O) groups is 2. The zero-order valence-electron chi connectivity index (χ0n) is 20.2. The smallest absolute Gasteiger partial charge is 0.339 e. The second-order valence-corrected chi connectivity index (χ2v) is 11.5. The van der Waals surface area contributed by atoms with Crippen LogP contribution in [0.3, 0.4) is 0 Å². The zero-order valence-corrected chi connectivity index (χ0v) is 21.1. The summed E-state index contributed by atoms with van der Waals surface area (Å²) >= 11 is 0. The SMILES string of the molecule is COC(=O)c1ccccc1S(=O)(=O)N1CCC(C(=O)NCC2(c3ccccc3)CCCCC2)CC1. The number of hydrogen-bond acceptors (Lipinski definition) is 5. The maximum atomic E-state index is 13.3. The van der Waals surface area contributed by atoms with Crippen LogP contribution in [-0.2, 0) is 25.0 Å². The first-order chi connectivity index (χ1) is 16.9. The Bertz CT molecular complexity index is 1140. The number of amides is 1. The third kappa shape index (κ3) is 5.43. The second-order valence-electron chi connectivity index (χ2n) is 9.59. The van der Waals surface area contributed by atoms with Gasteiger partial charge in [-0.3, -0.25) is 4.79 Å². The van der Waals surface area contributed by atoms with Crippen LogP contribution in [0.25, 0.3) is 0 Å². The van der Waals surface area contributed by atoms with Crippen molar-refractivity contribution in [2.75, 3.05) is 26.7 Å². The van der Waals surface area contributed by atoms with Crippen LogP contribution >= 0.6 is 0 Å². The monoisotopic (exact) mass is 498 g/mol. The molecule has 0 bridgehead atoms. The van der Waals surface area contributed by atoms with Crippen molar-refractivity contribution in [1.82, 2.24) is 9.62 Å². The Labute approximate surface area is 207 Å². The third-order valence-electron chi connectivity index (χ3n) is 7.53. The maximum Gasteiger partial charge on any atom is 0.339 e. The van der Waals surface area contributed by atoms with Gasteiger partial charge in [0.1, 0.15) is 0 Å². The molecule has 0 radical (unpaired) electrons. The fraction of sp³-hybridized carbons (Fsp3) is 0.481. The molecule has 35 heavy (non-hydrogen) atoms. The van der Waals surface area contributed by atoms with Crippen molar-refractivity contribution < 1.29 is 22.7 Å². The van der Waals surface area contributed by atoms with Gasteiger partial charge in [0.05, 0.1) is 17.6 Å². The Hall–Kier alpha value is -2.71. The molecule has 1 aliphatic carbocycles. The first kappa shape index (κ1) is 25.4. The highest BCUT2D eigenvalue weighted by molar-refractivity contribution is 7.89. The van der Waals surface area contributed by atoms with Crippen LogP contribution in [-0.4, -0.2) is 51.3 Å². The van der Waals surface area contributed by atoms with Gasteiger partial charge in [-0.15, -0.1) is 0 Å². The number of ether oxygens (including phenoxy) is 1. The highest BCUT2D eigenvalue weighted by Gasteiger charge is 2.37. The van der Waals surface area contributed by atoms with Gasteiger partial charge in [-0.1, -0.05) is 61.7 Å². The average molecular weight is 499 g/mol. The Balaban J connectivity index is 1.39. The summed E-state index contributed by atoms with van der Waals surface area (Å²) in [6.07, 6.45) is 6.57. The number of nitrogens with zero attached hydrogens (tertiary/aromatic N) is 1. The van der Waals surface area contributed by atoms with E-state index in [1.54, 1.807) is 12.1 Å². The molecular formula is C27H34N2O5S. The molecule has 1 heterocycles. The van der Waals surface area contributed by atoms with Gasteiger partial charge in [-0.25, -0.2) is 13.2 Å². The van der Waals surface area contributed by atoms with E-state index >= 15 is 0 Å². The quantitative estimate of drug-likeness (QED) is 0.585. The summed E-state index contributed by atoms with van der Waals surface area (Å²) in [6, 6.07) is 16.5. The Morgan fingerprint density at radius 3 is 2.26 bits per heavy atom. The number of hydrogen-bond donors (Lipinski definition) is 1. The molecule has 7 nitrogen and oxygen atoms in total. The van der Waals surface area contributed by atoms with Crippen LogP contribution in [0.1, 0.15) is 60.9 Å². The summed E-state index contributed by atoms with van der Waals surface area (Å²) in [4.78, 5) is 25.1. The summed E-state index contributed by atoms with van der Waals surface area (Å²) in [7, 11) is -2.64. The zero-order chi connectivity index (χ0) is 24.9. The summed E-state index contributed by atoms with van der Waals surface area (Å²) in [5.41, 5.74) is 1.27. The van der Waals surface area contributed by atoms with Gasteiger partial charge in [0.25, 0.3) is 0 Å². The van der Waals surface area contributed by atoms with E-state index in [0.29, 0.717) is 19.4 Å². The lowest BCUT2D eigenvalue weighted by Gasteiger charge is -2.39. The lowest BCUT2D eigenvalue weighted by Crippen LogP contribution is -2.47. The number of esters is 1. The number of rotatable bonds is 7. The summed E-state index contributed by atoms with van der Waals surface area (Å²) in [5.74, 6) is -0.917. The molecule has 1 N–H and O–H groups in total. The van der Waals surface area contributed by atoms with Crippen LogP contribution in [0.2, 0.25) is 0 Å². The number of piperidine rings is 1. The van der Waals surface area contributed by atoms with E-state index in [1.165, 1.54) is 35.5 Å². The molecule has 1 saturated heterocycles. The number of nitrogens with one attached hydrogen (secondary N) is 1. The standard InChI is InChI=1S/C27H34N2O5S/c1-34-26(31)23-12-6-7-13-24(23)35(32,33)29-18-14-21(15-19-29)25(30)28-20-27(16-8-3-9-17-27)22-10-4-2-5-11-22/h2,4-7,10-13,21H,3,8-9,14-20H2,1H3,(H,28,30). The van der Waals surface area contributed by atoms with Crippen LogP contribution in [0.15, 0.2) is 59.5 Å². The van der Waals surface area contributed by atoms with Gasteiger partial charge in [0.2, 0.25) is 15.9 Å². The number of carbonyl (C=O) groups excluding carboxylic acids is 2. The first-order valence-corrected chi connectivity index (χ1v) is 13.8. The van der Waals surface area contributed by atoms with E-state index in [2.05, 4.69) is 29.6 Å². The largest absolute Gasteiger partial charge is 0.465 e. The molecule has 0 atom stereocenters. The number of sulfonamides is 1. The van der Waals surface area contributed by atoms with Crippen molar-refractivity contribution >= 4 is 21.9 Å². The normalized spacial score (nSPS) is 19.1. The lowest BCUT2D eigenvalue weighted by molar-refractivity contribution is -0.126. The molecule has 188 valence electrons. The van der Waals surface area contributed by atoms with Gasteiger partial charge in [-0.2, -0.15) is 4.31 Å². The molecule has 8 heteroatoms. The van der Waals surface area contributed by atoms with E-state index in [1.807, 2.05) is 6.07 Å². The summed E-state index contributed by atoms with van der Waals surface area (Å²) in [5, 5.41) is 3.21. The van der Waals surface area contributed by atoms with E-state index < -0.39 is 16.0 Å². The van der Waals surface area contributed by atoms with Gasteiger partial charge >= 0.3 is 5.97 Å². The van der Waals surface area contributed by atoms with Gasteiger partial charge < -0.3 is 10.1 Å². The molecule has 1 saturated carbocycles. The molecule has 2 aromatic carbocycles. The fourth-order valence-corrected chi connectivity index (χ4v) is 7.11. The number of benzene rings is 2. The topological polar surface area (TPSA) is 92.8 Å².